The second-order valence-electron chi connectivity index (χ2n) is 17.2. The first-order valence-corrected chi connectivity index (χ1v) is 21.8. The molecule has 1 heterocycles. The molecule has 0 saturated heterocycles. The Labute approximate surface area is 367 Å². The van der Waals surface area contributed by atoms with Crippen LogP contribution in [0.3, 0.4) is 0 Å². The lowest BCUT2D eigenvalue weighted by Crippen LogP contribution is -2.15. The van der Waals surface area contributed by atoms with Crippen molar-refractivity contribution in [2.45, 2.75) is 19.3 Å². The number of fused-ring (bicyclic) bond motifs is 7. The van der Waals surface area contributed by atoms with Crippen molar-refractivity contribution in [1.82, 2.24) is 9.97 Å². The van der Waals surface area contributed by atoms with Crippen LogP contribution in [0.4, 0.5) is 0 Å². The maximum absolute atomic E-state index is 5.34. The zero-order valence-electron chi connectivity index (χ0n) is 35.2. The van der Waals surface area contributed by atoms with Gasteiger partial charge in [-0.1, -0.05) is 214 Å². The monoisotopic (exact) mass is 802 g/mol. The smallest absolute Gasteiger partial charge is 0.161 e. The third-order valence-electron chi connectivity index (χ3n) is 13.3. The van der Waals surface area contributed by atoms with Gasteiger partial charge in [-0.05, 0) is 106 Å². The summed E-state index contributed by atoms with van der Waals surface area (Å²) in [7, 11) is 0. The van der Waals surface area contributed by atoms with Crippen molar-refractivity contribution in [2.24, 2.45) is 0 Å². The van der Waals surface area contributed by atoms with Gasteiger partial charge in [0.2, 0.25) is 0 Å². The maximum Gasteiger partial charge on any atom is 0.161 e. The lowest BCUT2D eigenvalue weighted by Gasteiger charge is -2.23. The highest BCUT2D eigenvalue weighted by Gasteiger charge is 2.38. The fourth-order valence-electron chi connectivity index (χ4n) is 10.3. The molecule has 0 bridgehead atoms. The SMILES string of the molecule is CC1(C)c2cccc(-c3ccc(-c4ccc(-c5nc(-c6ccccc6)cc(-c6cccc(-c7ccccc7)c6)n5)c5ccccc45)c4ccccc34)c2-c2ccc3ccccc3c21. The zero-order chi connectivity index (χ0) is 42.1. The molecule has 2 nitrogen and oxygen atoms in total. The fourth-order valence-corrected chi connectivity index (χ4v) is 10.3. The Hall–Kier alpha value is -7.94. The molecule has 0 N–H and O–H groups in total. The minimum absolute atomic E-state index is 0.130. The molecule has 0 radical (unpaired) electrons. The van der Waals surface area contributed by atoms with Gasteiger partial charge in [-0.3, -0.25) is 0 Å². The summed E-state index contributed by atoms with van der Waals surface area (Å²) in [5.74, 6) is 0.702. The minimum atomic E-state index is -0.130. The lowest BCUT2D eigenvalue weighted by atomic mass is 9.80. The van der Waals surface area contributed by atoms with Crippen LogP contribution in [0.1, 0.15) is 25.0 Å². The van der Waals surface area contributed by atoms with Crippen molar-refractivity contribution < 1.29 is 0 Å². The molecular weight excluding hydrogens is 761 g/mol. The first-order valence-electron chi connectivity index (χ1n) is 21.8. The standard InChI is InChI=1S/C61H42N2/c1-61(2)55-30-16-29-52(58(55)54-32-31-40-19-9-10-24-44(40)59(54)61)51-34-33-49(45-25-11-12-26-46(45)51)50-35-36-53(48-28-14-13-27-47(48)50)60-62-56(41-20-7-4-8-21-41)38-57(63-60)43-23-15-22-42(37-43)39-17-5-3-6-18-39/h3-38H,1-2H3. The van der Waals surface area contributed by atoms with E-state index in [9.17, 15) is 0 Å². The Balaban J connectivity index is 1.01. The lowest BCUT2D eigenvalue weighted by molar-refractivity contribution is 0.666. The van der Waals surface area contributed by atoms with E-state index < -0.39 is 0 Å². The average Bonchev–Trinajstić information content (AvgIpc) is 3.60. The van der Waals surface area contributed by atoms with Gasteiger partial charge in [0.05, 0.1) is 11.4 Å². The molecule has 1 aliphatic carbocycles. The normalized spacial score (nSPS) is 12.7. The van der Waals surface area contributed by atoms with Crippen LogP contribution in [-0.4, -0.2) is 9.97 Å². The Morgan fingerprint density at radius 3 is 1.46 bits per heavy atom. The van der Waals surface area contributed by atoms with Gasteiger partial charge in [-0.2, -0.15) is 0 Å². The van der Waals surface area contributed by atoms with E-state index in [1.54, 1.807) is 0 Å². The second-order valence-corrected chi connectivity index (χ2v) is 17.2. The van der Waals surface area contributed by atoms with E-state index in [1.807, 2.05) is 6.07 Å². The summed E-state index contributed by atoms with van der Waals surface area (Å²) in [6.07, 6.45) is 0. The Bertz CT molecular complexity index is 3580. The van der Waals surface area contributed by atoms with Crippen LogP contribution in [0.2, 0.25) is 0 Å². The molecule has 0 saturated carbocycles. The van der Waals surface area contributed by atoms with Gasteiger partial charge in [0, 0.05) is 22.1 Å². The molecule has 0 aliphatic heterocycles. The van der Waals surface area contributed by atoms with Gasteiger partial charge in [0.1, 0.15) is 0 Å². The molecule has 0 amide bonds. The third kappa shape index (κ3) is 6.02. The predicted molar refractivity (Wildman–Crippen MR) is 265 cm³/mol. The van der Waals surface area contributed by atoms with Gasteiger partial charge in [0.15, 0.2) is 5.82 Å². The fraction of sp³-hybridized carbons (Fsp3) is 0.0492. The summed E-state index contributed by atoms with van der Waals surface area (Å²) in [6, 6.07) is 79.0. The summed E-state index contributed by atoms with van der Waals surface area (Å²) < 4.78 is 0. The van der Waals surface area contributed by atoms with Crippen molar-refractivity contribution >= 4 is 32.3 Å². The first kappa shape index (κ1) is 36.9. The number of aromatic nitrogens is 2. The van der Waals surface area contributed by atoms with Crippen LogP contribution in [0.5, 0.6) is 0 Å². The topological polar surface area (TPSA) is 25.8 Å². The number of nitrogens with zero attached hydrogens (tertiary/aromatic N) is 2. The van der Waals surface area contributed by atoms with E-state index in [-0.39, 0.29) is 5.41 Å². The van der Waals surface area contributed by atoms with Crippen molar-refractivity contribution in [1.29, 1.82) is 0 Å². The summed E-state index contributed by atoms with van der Waals surface area (Å²) in [5, 5.41) is 7.37. The van der Waals surface area contributed by atoms with Crippen LogP contribution in [0.25, 0.3) is 111 Å². The maximum atomic E-state index is 5.34. The van der Waals surface area contributed by atoms with E-state index >= 15 is 0 Å². The molecule has 0 spiro atoms. The summed E-state index contributed by atoms with van der Waals surface area (Å²) in [4.78, 5) is 10.6. The van der Waals surface area contributed by atoms with Crippen molar-refractivity contribution in [3.05, 3.63) is 230 Å². The Morgan fingerprint density at radius 2 is 0.794 bits per heavy atom. The van der Waals surface area contributed by atoms with Crippen LogP contribution in [0, 0.1) is 0 Å². The van der Waals surface area contributed by atoms with Crippen molar-refractivity contribution in [2.75, 3.05) is 0 Å². The molecule has 296 valence electrons. The molecule has 0 fully saturated rings. The molecule has 63 heavy (non-hydrogen) atoms. The zero-order valence-corrected chi connectivity index (χ0v) is 35.2. The van der Waals surface area contributed by atoms with Gasteiger partial charge in [0.25, 0.3) is 0 Å². The van der Waals surface area contributed by atoms with E-state index in [0.717, 1.165) is 44.4 Å². The predicted octanol–water partition coefficient (Wildman–Crippen LogP) is 16.2. The molecule has 10 aromatic carbocycles. The number of benzene rings is 10. The quantitative estimate of drug-likeness (QED) is 0.167. The van der Waals surface area contributed by atoms with E-state index in [2.05, 4.69) is 226 Å². The van der Waals surface area contributed by atoms with Gasteiger partial charge < -0.3 is 0 Å². The number of rotatable bonds is 6. The van der Waals surface area contributed by atoms with Crippen molar-refractivity contribution in [3.8, 4) is 78.4 Å². The van der Waals surface area contributed by atoms with Gasteiger partial charge in [-0.15, -0.1) is 0 Å². The van der Waals surface area contributed by atoms with Crippen LogP contribution < -0.4 is 0 Å². The minimum Gasteiger partial charge on any atom is -0.228 e. The molecule has 1 aliphatic rings. The Morgan fingerprint density at radius 1 is 0.317 bits per heavy atom. The molecule has 0 unspecified atom stereocenters. The van der Waals surface area contributed by atoms with E-state index in [0.29, 0.717) is 5.82 Å². The van der Waals surface area contributed by atoms with Gasteiger partial charge >= 0.3 is 0 Å². The molecular formula is C61H42N2. The second kappa shape index (κ2) is 14.6. The largest absolute Gasteiger partial charge is 0.228 e. The Kier molecular flexibility index (Phi) is 8.55. The van der Waals surface area contributed by atoms with Crippen LogP contribution >= 0.6 is 0 Å². The first-order chi connectivity index (χ1) is 31.0. The van der Waals surface area contributed by atoms with E-state index in [4.69, 9.17) is 9.97 Å². The molecule has 0 atom stereocenters. The third-order valence-corrected chi connectivity index (χ3v) is 13.3. The highest BCUT2D eigenvalue weighted by molar-refractivity contribution is 6.13. The van der Waals surface area contributed by atoms with Crippen LogP contribution in [-0.2, 0) is 5.41 Å². The molecule has 1 aromatic heterocycles. The number of hydrogen-bond donors (Lipinski definition) is 0. The molecule has 2 heteroatoms. The summed E-state index contributed by atoms with van der Waals surface area (Å²) in [6.45, 7) is 4.77. The van der Waals surface area contributed by atoms with Gasteiger partial charge in [-0.25, -0.2) is 9.97 Å². The molecule has 12 rings (SSSR count). The average molecular weight is 803 g/mol. The summed E-state index contributed by atoms with van der Waals surface area (Å²) in [5.41, 5.74) is 17.5. The van der Waals surface area contributed by atoms with Crippen LogP contribution in [0.15, 0.2) is 218 Å². The molecule has 11 aromatic rings. The summed E-state index contributed by atoms with van der Waals surface area (Å²) >= 11 is 0. The number of hydrogen-bond acceptors (Lipinski definition) is 2. The van der Waals surface area contributed by atoms with Crippen molar-refractivity contribution in [3.63, 3.8) is 0 Å². The highest BCUT2D eigenvalue weighted by Crippen LogP contribution is 2.55. The van der Waals surface area contributed by atoms with E-state index in [1.165, 1.54) is 71.6 Å². The highest BCUT2D eigenvalue weighted by atomic mass is 14.9.